The van der Waals surface area contributed by atoms with Crippen LogP contribution in [0, 0.1) is 0 Å². The average Bonchev–Trinajstić information content (AvgIpc) is 2.53. The van der Waals surface area contributed by atoms with Crippen molar-refractivity contribution in [3.63, 3.8) is 0 Å². The van der Waals surface area contributed by atoms with Gasteiger partial charge < -0.3 is 4.90 Å². The Morgan fingerprint density at radius 2 is 2.15 bits per heavy atom. The van der Waals surface area contributed by atoms with Crippen LogP contribution < -0.4 is 4.90 Å². The fourth-order valence-corrected chi connectivity index (χ4v) is 1.57. The van der Waals surface area contributed by atoms with Crippen LogP contribution in [0.1, 0.15) is 6.42 Å². The summed E-state index contributed by atoms with van der Waals surface area (Å²) in [7, 11) is 0. The van der Waals surface area contributed by atoms with Gasteiger partial charge in [-0.25, -0.2) is 14.4 Å². The van der Waals surface area contributed by atoms with Crippen LogP contribution in [-0.4, -0.2) is 29.2 Å². The smallest absolute Gasteiger partial charge is 0.225 e. The molecule has 1 fully saturated rings. The summed E-state index contributed by atoms with van der Waals surface area (Å²) in [5, 5.41) is 0. The van der Waals surface area contributed by atoms with E-state index < -0.39 is 6.17 Å². The molecule has 0 N–H and O–H groups in total. The Kier molecular flexibility index (Phi) is 2.44. The molecule has 2 rings (SSSR count). The van der Waals surface area contributed by atoms with Crippen molar-refractivity contribution in [2.45, 2.75) is 12.6 Å². The number of rotatable bonds is 1. The zero-order chi connectivity index (χ0) is 9.26. The first kappa shape index (κ1) is 8.87. The molecule has 70 valence electrons. The van der Waals surface area contributed by atoms with Crippen molar-refractivity contribution in [1.82, 2.24) is 9.97 Å². The van der Waals surface area contributed by atoms with E-state index in [0.717, 1.165) is 4.47 Å². The van der Waals surface area contributed by atoms with Crippen molar-refractivity contribution in [3.8, 4) is 0 Å². The molecule has 1 aromatic rings. The van der Waals surface area contributed by atoms with E-state index in [1.807, 2.05) is 4.90 Å². The second kappa shape index (κ2) is 3.57. The minimum absolute atomic E-state index is 0.418. The van der Waals surface area contributed by atoms with Gasteiger partial charge in [-0.1, -0.05) is 0 Å². The molecule has 13 heavy (non-hydrogen) atoms. The molecule has 1 aromatic heterocycles. The molecular weight excluding hydrogens is 237 g/mol. The summed E-state index contributed by atoms with van der Waals surface area (Å²) >= 11 is 3.25. The zero-order valence-corrected chi connectivity index (χ0v) is 8.54. The van der Waals surface area contributed by atoms with E-state index in [-0.39, 0.29) is 0 Å². The van der Waals surface area contributed by atoms with Gasteiger partial charge in [0.2, 0.25) is 5.95 Å². The molecule has 5 heteroatoms. The van der Waals surface area contributed by atoms with Crippen LogP contribution in [0.2, 0.25) is 0 Å². The molecule has 0 radical (unpaired) electrons. The maximum absolute atomic E-state index is 12.8. The predicted molar refractivity (Wildman–Crippen MR) is 51.5 cm³/mol. The van der Waals surface area contributed by atoms with E-state index in [4.69, 9.17) is 0 Å². The number of nitrogens with zero attached hydrogens (tertiary/aromatic N) is 3. The molecule has 0 amide bonds. The van der Waals surface area contributed by atoms with Crippen molar-refractivity contribution in [1.29, 1.82) is 0 Å². The average molecular weight is 246 g/mol. The maximum Gasteiger partial charge on any atom is 0.225 e. The van der Waals surface area contributed by atoms with Crippen molar-refractivity contribution in [2.75, 3.05) is 18.0 Å². The topological polar surface area (TPSA) is 29.0 Å². The third-order valence-electron chi connectivity index (χ3n) is 2.02. The van der Waals surface area contributed by atoms with Gasteiger partial charge in [0.1, 0.15) is 6.17 Å². The van der Waals surface area contributed by atoms with E-state index in [1.54, 1.807) is 12.4 Å². The van der Waals surface area contributed by atoms with Gasteiger partial charge in [-0.2, -0.15) is 0 Å². The number of aromatic nitrogens is 2. The van der Waals surface area contributed by atoms with Crippen LogP contribution in [0.25, 0.3) is 0 Å². The molecular formula is C8H9BrFN3. The van der Waals surface area contributed by atoms with Crippen molar-refractivity contribution >= 4 is 21.9 Å². The summed E-state index contributed by atoms with van der Waals surface area (Å²) in [6.45, 7) is 1.13. The maximum atomic E-state index is 12.8. The SMILES string of the molecule is FC1CCN(c2ncc(Br)cn2)C1. The van der Waals surface area contributed by atoms with E-state index in [0.29, 0.717) is 25.5 Å². The first-order valence-electron chi connectivity index (χ1n) is 4.12. The Balaban J connectivity index is 2.13. The molecule has 1 aliphatic heterocycles. The number of hydrogen-bond acceptors (Lipinski definition) is 3. The molecule has 0 spiro atoms. The molecule has 1 saturated heterocycles. The molecule has 2 heterocycles. The standard InChI is InChI=1S/C8H9BrFN3/c9-6-3-11-8(12-4-6)13-2-1-7(10)5-13/h3-4,7H,1-2,5H2. The minimum Gasteiger partial charge on any atom is -0.338 e. The second-order valence-electron chi connectivity index (χ2n) is 3.03. The van der Waals surface area contributed by atoms with Gasteiger partial charge >= 0.3 is 0 Å². The molecule has 0 saturated carbocycles. The van der Waals surface area contributed by atoms with Crippen LogP contribution in [-0.2, 0) is 0 Å². The highest BCUT2D eigenvalue weighted by atomic mass is 79.9. The van der Waals surface area contributed by atoms with E-state index in [9.17, 15) is 4.39 Å². The van der Waals surface area contributed by atoms with Gasteiger partial charge in [-0.15, -0.1) is 0 Å². The Morgan fingerprint density at radius 3 is 2.69 bits per heavy atom. The zero-order valence-electron chi connectivity index (χ0n) is 6.95. The lowest BCUT2D eigenvalue weighted by atomic mass is 10.3. The normalized spacial score (nSPS) is 22.3. The molecule has 0 bridgehead atoms. The van der Waals surface area contributed by atoms with Crippen LogP contribution in [0.3, 0.4) is 0 Å². The highest BCUT2D eigenvalue weighted by Crippen LogP contribution is 2.18. The Labute approximate surface area is 84.1 Å². The van der Waals surface area contributed by atoms with Gasteiger partial charge in [0.25, 0.3) is 0 Å². The van der Waals surface area contributed by atoms with Crippen molar-refractivity contribution in [2.24, 2.45) is 0 Å². The molecule has 1 aliphatic rings. The van der Waals surface area contributed by atoms with Crippen molar-refractivity contribution in [3.05, 3.63) is 16.9 Å². The van der Waals surface area contributed by atoms with Crippen LogP contribution >= 0.6 is 15.9 Å². The van der Waals surface area contributed by atoms with Crippen molar-refractivity contribution < 1.29 is 4.39 Å². The number of hydrogen-bond donors (Lipinski definition) is 0. The monoisotopic (exact) mass is 245 g/mol. The lowest BCUT2D eigenvalue weighted by Gasteiger charge is -2.13. The summed E-state index contributed by atoms with van der Waals surface area (Å²) in [5.74, 6) is 0.614. The van der Waals surface area contributed by atoms with Gasteiger partial charge in [0, 0.05) is 18.9 Å². The summed E-state index contributed by atoms with van der Waals surface area (Å²) in [5.41, 5.74) is 0. The fourth-order valence-electron chi connectivity index (χ4n) is 1.37. The fraction of sp³-hybridized carbons (Fsp3) is 0.500. The first-order valence-corrected chi connectivity index (χ1v) is 4.91. The van der Waals surface area contributed by atoms with Gasteiger partial charge in [-0.05, 0) is 22.4 Å². The molecule has 0 aliphatic carbocycles. The van der Waals surface area contributed by atoms with E-state index >= 15 is 0 Å². The number of anilines is 1. The summed E-state index contributed by atoms with van der Waals surface area (Å²) in [6, 6.07) is 0. The summed E-state index contributed by atoms with van der Waals surface area (Å²) < 4.78 is 13.7. The van der Waals surface area contributed by atoms with Crippen LogP contribution in [0.4, 0.5) is 10.3 Å². The van der Waals surface area contributed by atoms with E-state index in [2.05, 4.69) is 25.9 Å². The Hall–Kier alpha value is -0.710. The highest BCUT2D eigenvalue weighted by Gasteiger charge is 2.23. The van der Waals surface area contributed by atoms with Gasteiger partial charge in [0.05, 0.1) is 11.0 Å². The first-order chi connectivity index (χ1) is 6.25. The number of alkyl halides is 1. The minimum atomic E-state index is -0.729. The Morgan fingerprint density at radius 1 is 1.46 bits per heavy atom. The molecule has 1 unspecified atom stereocenters. The van der Waals surface area contributed by atoms with E-state index in [1.165, 1.54) is 0 Å². The predicted octanol–water partition coefficient (Wildman–Crippen LogP) is 1.79. The third-order valence-corrected chi connectivity index (χ3v) is 2.43. The third kappa shape index (κ3) is 1.96. The second-order valence-corrected chi connectivity index (χ2v) is 3.95. The van der Waals surface area contributed by atoms with Crippen LogP contribution in [0.15, 0.2) is 16.9 Å². The summed E-state index contributed by atoms with van der Waals surface area (Å²) in [6.07, 6.45) is 3.20. The lowest BCUT2D eigenvalue weighted by molar-refractivity contribution is 0.364. The largest absolute Gasteiger partial charge is 0.338 e. The quantitative estimate of drug-likeness (QED) is 0.756. The highest BCUT2D eigenvalue weighted by molar-refractivity contribution is 9.10. The number of halogens is 2. The Bertz CT molecular complexity index is 290. The van der Waals surface area contributed by atoms with Gasteiger partial charge in [0.15, 0.2) is 0 Å². The molecule has 1 atom stereocenters. The molecule has 0 aromatic carbocycles. The molecule has 3 nitrogen and oxygen atoms in total. The summed E-state index contributed by atoms with van der Waals surface area (Å²) in [4.78, 5) is 10.1. The van der Waals surface area contributed by atoms with Gasteiger partial charge in [-0.3, -0.25) is 0 Å². The van der Waals surface area contributed by atoms with Crippen LogP contribution in [0.5, 0.6) is 0 Å². The lowest BCUT2D eigenvalue weighted by Crippen LogP contribution is -2.22.